The standard InChI is InChI=1S/C22H23ClF2N4O4/c23-15-8-14(9-16(10-15)33-22(24)25)18(30)21(32)29-7-1-2-17(29)20(31)28-11-12-3-5-13(6-4-12)19(26)27/h3-6,8-10,17-18,22,30H,1-2,7,11H2,(H3,26,27)(H,28,31)/t17-,18+/m0/s1. The minimum atomic E-state index is -3.09. The van der Waals surface area contributed by atoms with Crippen LogP contribution in [0.1, 0.15) is 35.6 Å². The first kappa shape index (κ1) is 24.4. The van der Waals surface area contributed by atoms with E-state index in [1.165, 1.54) is 11.0 Å². The molecule has 0 aliphatic carbocycles. The van der Waals surface area contributed by atoms with E-state index in [1.807, 2.05) is 0 Å². The summed E-state index contributed by atoms with van der Waals surface area (Å²) in [5, 5.41) is 20.7. The molecule has 0 bridgehead atoms. The SMILES string of the molecule is N=C(N)c1ccc(CNC(=O)[C@@H]2CCCN2C(=O)[C@H](O)c2cc(Cl)cc(OC(F)F)c2)cc1. The number of likely N-dealkylation sites (tertiary alicyclic amines) is 1. The number of amides is 2. The monoisotopic (exact) mass is 480 g/mol. The molecule has 0 radical (unpaired) electrons. The lowest BCUT2D eigenvalue weighted by molar-refractivity contribution is -0.145. The predicted octanol–water partition coefficient (Wildman–Crippen LogP) is 2.57. The number of rotatable bonds is 8. The van der Waals surface area contributed by atoms with Gasteiger partial charge in [-0.3, -0.25) is 15.0 Å². The maximum absolute atomic E-state index is 12.9. The third-order valence-electron chi connectivity index (χ3n) is 5.24. The Hall–Kier alpha value is -3.24. The molecule has 1 saturated heterocycles. The van der Waals surface area contributed by atoms with Crippen LogP contribution in [0.3, 0.4) is 0 Å². The lowest BCUT2D eigenvalue weighted by Gasteiger charge is -2.26. The number of ether oxygens (including phenoxy) is 1. The number of carbonyl (C=O) groups excluding carboxylic acids is 2. The summed E-state index contributed by atoms with van der Waals surface area (Å²) >= 11 is 5.90. The average Bonchev–Trinajstić information content (AvgIpc) is 3.26. The lowest BCUT2D eigenvalue weighted by Crippen LogP contribution is -2.47. The van der Waals surface area contributed by atoms with E-state index in [2.05, 4.69) is 10.1 Å². The summed E-state index contributed by atoms with van der Waals surface area (Å²) in [6, 6.07) is 9.55. The lowest BCUT2D eigenvalue weighted by atomic mass is 10.1. The fourth-order valence-electron chi connectivity index (χ4n) is 3.63. The van der Waals surface area contributed by atoms with Crippen LogP contribution < -0.4 is 15.8 Å². The molecule has 1 aliphatic rings. The van der Waals surface area contributed by atoms with Crippen LogP contribution in [0, 0.1) is 5.41 Å². The zero-order valence-corrected chi connectivity index (χ0v) is 18.2. The Morgan fingerprint density at radius 1 is 1.27 bits per heavy atom. The molecule has 0 unspecified atom stereocenters. The van der Waals surface area contributed by atoms with E-state index in [0.29, 0.717) is 18.4 Å². The highest BCUT2D eigenvalue weighted by molar-refractivity contribution is 6.30. The number of aliphatic hydroxyl groups excluding tert-OH is 1. The van der Waals surface area contributed by atoms with Gasteiger partial charge in [0.25, 0.3) is 5.91 Å². The van der Waals surface area contributed by atoms with Gasteiger partial charge in [-0.05, 0) is 42.2 Å². The molecule has 0 saturated carbocycles. The van der Waals surface area contributed by atoms with Gasteiger partial charge in [-0.2, -0.15) is 8.78 Å². The number of alkyl halides is 2. The van der Waals surface area contributed by atoms with Gasteiger partial charge < -0.3 is 25.8 Å². The summed E-state index contributed by atoms with van der Waals surface area (Å²) in [4.78, 5) is 26.9. The highest BCUT2D eigenvalue weighted by Gasteiger charge is 2.37. The van der Waals surface area contributed by atoms with Crippen LogP contribution >= 0.6 is 11.6 Å². The topological polar surface area (TPSA) is 129 Å². The van der Waals surface area contributed by atoms with Crippen molar-refractivity contribution in [3.05, 3.63) is 64.2 Å². The van der Waals surface area contributed by atoms with E-state index in [9.17, 15) is 23.5 Å². The summed E-state index contributed by atoms with van der Waals surface area (Å²) in [6.45, 7) is -2.61. The molecule has 8 nitrogen and oxygen atoms in total. The first-order chi connectivity index (χ1) is 15.7. The molecular formula is C22H23ClF2N4O4. The normalized spacial score (nSPS) is 16.5. The van der Waals surface area contributed by atoms with Crippen LogP contribution in [0.15, 0.2) is 42.5 Å². The van der Waals surface area contributed by atoms with Crippen LogP contribution in [0.4, 0.5) is 8.78 Å². The van der Waals surface area contributed by atoms with E-state index >= 15 is 0 Å². The highest BCUT2D eigenvalue weighted by atomic mass is 35.5. The molecule has 3 rings (SSSR count). The maximum Gasteiger partial charge on any atom is 0.387 e. The quantitative estimate of drug-likeness (QED) is 0.341. The zero-order valence-electron chi connectivity index (χ0n) is 17.4. The van der Waals surface area contributed by atoms with Crippen molar-refractivity contribution in [2.45, 2.75) is 38.1 Å². The van der Waals surface area contributed by atoms with Crippen molar-refractivity contribution in [2.24, 2.45) is 5.73 Å². The number of hydrogen-bond acceptors (Lipinski definition) is 5. The number of nitrogens with one attached hydrogen (secondary N) is 2. The number of aliphatic hydroxyl groups is 1. The number of hydrogen-bond donors (Lipinski definition) is 4. The Morgan fingerprint density at radius 2 is 1.97 bits per heavy atom. The number of carbonyl (C=O) groups is 2. The van der Waals surface area contributed by atoms with Gasteiger partial charge in [0.2, 0.25) is 5.91 Å². The van der Waals surface area contributed by atoms with Crippen LogP contribution in [-0.2, 0) is 16.1 Å². The minimum absolute atomic E-state index is 0.0141. The largest absolute Gasteiger partial charge is 0.435 e. The fraction of sp³-hybridized carbons (Fsp3) is 0.318. The number of halogens is 3. The Balaban J connectivity index is 1.66. The fourth-order valence-corrected chi connectivity index (χ4v) is 3.86. The summed E-state index contributed by atoms with van der Waals surface area (Å²) in [5.74, 6) is -1.46. The van der Waals surface area contributed by atoms with Crippen molar-refractivity contribution in [1.29, 1.82) is 5.41 Å². The van der Waals surface area contributed by atoms with E-state index in [-0.39, 0.29) is 41.2 Å². The number of nitrogens with zero attached hydrogens (tertiary/aromatic N) is 1. The molecule has 2 aromatic carbocycles. The summed E-state index contributed by atoms with van der Waals surface area (Å²) in [5.41, 5.74) is 6.76. The molecule has 5 N–H and O–H groups in total. The summed E-state index contributed by atoms with van der Waals surface area (Å²) in [7, 11) is 0. The second-order valence-corrected chi connectivity index (χ2v) is 7.96. The predicted molar refractivity (Wildman–Crippen MR) is 117 cm³/mol. The van der Waals surface area contributed by atoms with Crippen LogP contribution in [0.5, 0.6) is 5.75 Å². The second kappa shape index (κ2) is 10.6. The van der Waals surface area contributed by atoms with Crippen LogP contribution in [0.25, 0.3) is 0 Å². The molecule has 176 valence electrons. The number of nitrogen functional groups attached to an aromatic ring is 1. The van der Waals surface area contributed by atoms with E-state index < -0.39 is 24.7 Å². The van der Waals surface area contributed by atoms with Gasteiger partial charge in [-0.15, -0.1) is 0 Å². The maximum atomic E-state index is 12.9. The molecule has 11 heteroatoms. The van der Waals surface area contributed by atoms with E-state index in [1.54, 1.807) is 24.3 Å². The molecule has 33 heavy (non-hydrogen) atoms. The van der Waals surface area contributed by atoms with Gasteiger partial charge in [0.15, 0.2) is 6.10 Å². The summed E-state index contributed by atoms with van der Waals surface area (Å²) in [6.07, 6.45) is -0.710. The van der Waals surface area contributed by atoms with Gasteiger partial charge in [0, 0.05) is 23.7 Å². The molecule has 1 fully saturated rings. The van der Waals surface area contributed by atoms with E-state index in [0.717, 1.165) is 17.7 Å². The van der Waals surface area contributed by atoms with Crippen molar-refractivity contribution >= 4 is 29.3 Å². The Bertz CT molecular complexity index is 1040. The molecule has 1 aliphatic heterocycles. The second-order valence-electron chi connectivity index (χ2n) is 7.52. The molecule has 2 amide bonds. The van der Waals surface area contributed by atoms with Gasteiger partial charge in [-0.25, -0.2) is 0 Å². The van der Waals surface area contributed by atoms with Crippen LogP contribution in [0.2, 0.25) is 5.02 Å². The first-order valence-electron chi connectivity index (χ1n) is 10.1. The first-order valence-corrected chi connectivity index (χ1v) is 10.5. The third-order valence-corrected chi connectivity index (χ3v) is 5.46. The van der Waals surface area contributed by atoms with Crippen molar-refractivity contribution in [3.8, 4) is 5.75 Å². The molecule has 1 heterocycles. The van der Waals surface area contributed by atoms with Gasteiger partial charge >= 0.3 is 6.61 Å². The third kappa shape index (κ3) is 6.17. The minimum Gasteiger partial charge on any atom is -0.435 e. The average molecular weight is 481 g/mol. The number of benzene rings is 2. The molecule has 2 atom stereocenters. The van der Waals surface area contributed by atoms with Gasteiger partial charge in [0.05, 0.1) is 0 Å². The Morgan fingerprint density at radius 3 is 2.61 bits per heavy atom. The number of nitrogens with two attached hydrogens (primary N) is 1. The molecule has 0 aromatic heterocycles. The molecule has 2 aromatic rings. The molecule has 0 spiro atoms. The van der Waals surface area contributed by atoms with Gasteiger partial charge in [0.1, 0.15) is 17.6 Å². The molecular weight excluding hydrogens is 458 g/mol. The van der Waals surface area contributed by atoms with Gasteiger partial charge in [-0.1, -0.05) is 35.9 Å². The van der Waals surface area contributed by atoms with Crippen molar-refractivity contribution < 1.29 is 28.2 Å². The Kier molecular flexibility index (Phi) is 7.83. The van der Waals surface area contributed by atoms with Crippen molar-refractivity contribution in [2.75, 3.05) is 6.54 Å². The van der Waals surface area contributed by atoms with Crippen molar-refractivity contribution in [1.82, 2.24) is 10.2 Å². The Labute approximate surface area is 193 Å². The highest BCUT2D eigenvalue weighted by Crippen LogP contribution is 2.29. The smallest absolute Gasteiger partial charge is 0.387 e. The summed E-state index contributed by atoms with van der Waals surface area (Å²) < 4.78 is 29.3. The number of amidine groups is 1. The van der Waals surface area contributed by atoms with E-state index in [4.69, 9.17) is 22.7 Å². The zero-order chi connectivity index (χ0) is 24.1. The van der Waals surface area contributed by atoms with Crippen molar-refractivity contribution in [3.63, 3.8) is 0 Å². The van der Waals surface area contributed by atoms with Crippen LogP contribution in [-0.4, -0.2) is 46.9 Å².